The van der Waals surface area contributed by atoms with Crippen LogP contribution in [0.4, 0.5) is 4.39 Å². The SMILES string of the molecule is Cc1ccc(C(=O)N(C[C@@H](F)CO)[C@@H](c2nc3sccc3c(=O)n2Cc2ccccc2)C(C)C)cc1. The Morgan fingerprint density at radius 3 is 2.44 bits per heavy atom. The molecule has 0 unspecified atom stereocenters. The van der Waals surface area contributed by atoms with Gasteiger partial charge in [-0.3, -0.25) is 14.2 Å². The number of fused-ring (bicyclic) bond motifs is 1. The zero-order valence-corrected chi connectivity index (χ0v) is 21.4. The van der Waals surface area contributed by atoms with Gasteiger partial charge in [-0.25, -0.2) is 9.37 Å². The van der Waals surface area contributed by atoms with Crippen LogP contribution in [0.5, 0.6) is 0 Å². The average molecular weight is 508 g/mol. The molecule has 4 rings (SSSR count). The highest BCUT2D eigenvalue weighted by Crippen LogP contribution is 2.31. The number of benzene rings is 2. The summed E-state index contributed by atoms with van der Waals surface area (Å²) < 4.78 is 16.3. The molecule has 6 nitrogen and oxygen atoms in total. The van der Waals surface area contributed by atoms with Gasteiger partial charge in [0.2, 0.25) is 0 Å². The molecule has 36 heavy (non-hydrogen) atoms. The Kier molecular flexibility index (Phi) is 7.96. The molecular weight excluding hydrogens is 477 g/mol. The van der Waals surface area contributed by atoms with Gasteiger partial charge in [0.15, 0.2) is 0 Å². The number of carbonyl (C=O) groups excluding carboxylic acids is 1. The Hall–Kier alpha value is -3.36. The van der Waals surface area contributed by atoms with Gasteiger partial charge in [0, 0.05) is 5.56 Å². The van der Waals surface area contributed by atoms with Crippen molar-refractivity contribution in [2.45, 2.75) is 39.5 Å². The zero-order chi connectivity index (χ0) is 25.8. The zero-order valence-electron chi connectivity index (χ0n) is 20.6. The second kappa shape index (κ2) is 11.1. The van der Waals surface area contributed by atoms with E-state index in [4.69, 9.17) is 4.98 Å². The number of thiophene rings is 1. The summed E-state index contributed by atoms with van der Waals surface area (Å²) >= 11 is 1.35. The van der Waals surface area contributed by atoms with Gasteiger partial charge >= 0.3 is 0 Å². The quantitative estimate of drug-likeness (QED) is 0.347. The van der Waals surface area contributed by atoms with E-state index in [0.717, 1.165) is 11.1 Å². The predicted octanol–water partition coefficient (Wildman–Crippen LogP) is 4.98. The number of aromatic nitrogens is 2. The van der Waals surface area contributed by atoms with Crippen LogP contribution in [0.15, 0.2) is 70.8 Å². The summed E-state index contributed by atoms with van der Waals surface area (Å²) in [5.41, 5.74) is 2.12. The molecule has 8 heteroatoms. The third-order valence-corrected chi connectivity index (χ3v) is 6.99. The van der Waals surface area contributed by atoms with Gasteiger partial charge in [-0.15, -0.1) is 11.3 Å². The highest BCUT2D eigenvalue weighted by atomic mass is 32.1. The number of hydrogen-bond donors (Lipinski definition) is 1. The molecule has 1 N–H and O–H groups in total. The average Bonchev–Trinajstić information content (AvgIpc) is 3.35. The van der Waals surface area contributed by atoms with E-state index in [0.29, 0.717) is 21.6 Å². The summed E-state index contributed by atoms with van der Waals surface area (Å²) in [4.78, 5) is 34.2. The molecule has 2 aromatic heterocycles. The van der Waals surface area contributed by atoms with Gasteiger partial charge in [0.1, 0.15) is 16.8 Å². The van der Waals surface area contributed by atoms with Crippen molar-refractivity contribution in [3.05, 3.63) is 98.9 Å². The van der Waals surface area contributed by atoms with Crippen molar-refractivity contribution in [3.63, 3.8) is 0 Å². The topological polar surface area (TPSA) is 75.4 Å². The van der Waals surface area contributed by atoms with Crippen molar-refractivity contribution in [1.29, 1.82) is 0 Å². The maximum Gasteiger partial charge on any atom is 0.262 e. The summed E-state index contributed by atoms with van der Waals surface area (Å²) in [7, 11) is 0. The Labute approximate surface area is 213 Å². The fourth-order valence-electron chi connectivity index (χ4n) is 4.36. The Balaban J connectivity index is 1.90. The Bertz CT molecular complexity index is 1380. The second-order valence-electron chi connectivity index (χ2n) is 9.28. The molecule has 2 heterocycles. The van der Waals surface area contributed by atoms with E-state index in [1.807, 2.05) is 68.6 Å². The largest absolute Gasteiger partial charge is 0.393 e. The van der Waals surface area contributed by atoms with E-state index in [1.165, 1.54) is 16.2 Å². The molecule has 2 aromatic carbocycles. The van der Waals surface area contributed by atoms with Crippen LogP contribution in [0.2, 0.25) is 0 Å². The van der Waals surface area contributed by atoms with Crippen LogP contribution < -0.4 is 5.56 Å². The minimum atomic E-state index is -1.64. The van der Waals surface area contributed by atoms with Crippen molar-refractivity contribution in [2.24, 2.45) is 5.92 Å². The van der Waals surface area contributed by atoms with Gasteiger partial charge in [-0.2, -0.15) is 0 Å². The lowest BCUT2D eigenvalue weighted by Gasteiger charge is -2.36. The Morgan fingerprint density at radius 1 is 1.11 bits per heavy atom. The molecule has 0 aliphatic rings. The number of amides is 1. The van der Waals surface area contributed by atoms with Crippen LogP contribution in [-0.2, 0) is 6.54 Å². The summed E-state index contributed by atoms with van der Waals surface area (Å²) in [5, 5.41) is 11.8. The van der Waals surface area contributed by atoms with Crippen LogP contribution in [0.25, 0.3) is 10.2 Å². The lowest BCUT2D eigenvalue weighted by molar-refractivity contribution is 0.0469. The first kappa shape index (κ1) is 25.7. The van der Waals surface area contributed by atoms with Crippen molar-refractivity contribution >= 4 is 27.5 Å². The van der Waals surface area contributed by atoms with Crippen LogP contribution in [0.1, 0.15) is 47.2 Å². The smallest absolute Gasteiger partial charge is 0.262 e. The van der Waals surface area contributed by atoms with Crippen molar-refractivity contribution in [1.82, 2.24) is 14.5 Å². The molecule has 0 fully saturated rings. The first-order valence-corrected chi connectivity index (χ1v) is 12.8. The minimum absolute atomic E-state index is 0.198. The van der Waals surface area contributed by atoms with E-state index >= 15 is 0 Å². The van der Waals surface area contributed by atoms with E-state index in [-0.39, 0.29) is 30.5 Å². The molecule has 4 aromatic rings. The highest BCUT2D eigenvalue weighted by molar-refractivity contribution is 7.16. The first-order chi connectivity index (χ1) is 17.3. The van der Waals surface area contributed by atoms with E-state index < -0.39 is 18.8 Å². The molecule has 0 aliphatic carbocycles. The second-order valence-corrected chi connectivity index (χ2v) is 10.2. The number of hydrogen-bond acceptors (Lipinski definition) is 5. The molecule has 0 aliphatic heterocycles. The van der Waals surface area contributed by atoms with Crippen LogP contribution >= 0.6 is 11.3 Å². The number of aliphatic hydroxyl groups excluding tert-OH is 1. The standard InChI is InChI=1S/C28H30FN3O3S/c1-18(2)24(31(16-22(29)17-33)27(34)21-11-9-19(3)10-12-21)25-30-26-23(13-14-36-26)28(35)32(25)15-20-7-5-4-6-8-20/h4-14,18,22,24,33H,15-17H2,1-3H3/t22-,24-/m1/s1. The van der Waals surface area contributed by atoms with E-state index in [2.05, 4.69) is 0 Å². The van der Waals surface area contributed by atoms with Gasteiger partial charge in [0.25, 0.3) is 11.5 Å². The number of nitrogens with zero attached hydrogens (tertiary/aromatic N) is 3. The lowest BCUT2D eigenvalue weighted by atomic mass is 9.98. The fraction of sp³-hybridized carbons (Fsp3) is 0.321. The number of halogens is 1. The lowest BCUT2D eigenvalue weighted by Crippen LogP contribution is -2.44. The molecule has 0 saturated heterocycles. The highest BCUT2D eigenvalue weighted by Gasteiger charge is 2.34. The summed E-state index contributed by atoms with van der Waals surface area (Å²) in [6, 6.07) is 17.7. The van der Waals surface area contributed by atoms with E-state index in [1.54, 1.807) is 22.8 Å². The number of carbonyl (C=O) groups is 1. The van der Waals surface area contributed by atoms with Gasteiger partial charge < -0.3 is 10.0 Å². The third-order valence-electron chi connectivity index (χ3n) is 6.18. The van der Waals surface area contributed by atoms with E-state index in [9.17, 15) is 19.1 Å². The molecule has 188 valence electrons. The number of aryl methyl sites for hydroxylation is 1. The first-order valence-electron chi connectivity index (χ1n) is 11.9. The molecule has 1 amide bonds. The Morgan fingerprint density at radius 2 is 1.81 bits per heavy atom. The maximum absolute atomic E-state index is 14.7. The summed E-state index contributed by atoms with van der Waals surface area (Å²) in [5.74, 6) is -0.174. The maximum atomic E-state index is 14.7. The molecule has 0 saturated carbocycles. The van der Waals surface area contributed by atoms with Crippen molar-refractivity contribution in [2.75, 3.05) is 13.2 Å². The fourth-order valence-corrected chi connectivity index (χ4v) is 5.12. The minimum Gasteiger partial charge on any atom is -0.393 e. The van der Waals surface area contributed by atoms with Gasteiger partial charge in [0.05, 0.1) is 31.1 Å². The van der Waals surface area contributed by atoms with Crippen molar-refractivity contribution in [3.8, 4) is 0 Å². The molecule has 2 atom stereocenters. The molecular formula is C28H30FN3O3S. The monoisotopic (exact) mass is 507 g/mol. The molecule has 0 bridgehead atoms. The third kappa shape index (κ3) is 5.39. The summed E-state index contributed by atoms with van der Waals surface area (Å²) in [6.45, 7) is 5.00. The number of alkyl halides is 1. The van der Waals surface area contributed by atoms with Gasteiger partial charge in [-0.1, -0.05) is 61.9 Å². The normalized spacial score (nSPS) is 13.2. The van der Waals surface area contributed by atoms with Crippen molar-refractivity contribution < 1.29 is 14.3 Å². The number of rotatable bonds is 9. The van der Waals surface area contributed by atoms with Crippen LogP contribution in [-0.4, -0.2) is 44.8 Å². The van der Waals surface area contributed by atoms with Gasteiger partial charge in [-0.05, 0) is 42.0 Å². The molecule has 0 spiro atoms. The summed E-state index contributed by atoms with van der Waals surface area (Å²) in [6.07, 6.45) is -1.64. The van der Waals surface area contributed by atoms with Crippen LogP contribution in [0.3, 0.4) is 0 Å². The van der Waals surface area contributed by atoms with Crippen LogP contribution in [0, 0.1) is 12.8 Å². The predicted molar refractivity (Wildman–Crippen MR) is 141 cm³/mol. The molecule has 0 radical (unpaired) electrons. The number of aliphatic hydroxyl groups is 1.